The van der Waals surface area contributed by atoms with Gasteiger partial charge in [0.25, 0.3) is 5.91 Å². The van der Waals surface area contributed by atoms with E-state index in [-0.39, 0.29) is 12.5 Å². The molecule has 1 saturated carbocycles. The smallest absolute Gasteiger partial charge is 0.272 e. The monoisotopic (exact) mass is 189 g/mol. The number of amides is 1. The van der Waals surface area contributed by atoms with E-state index in [1.807, 2.05) is 0 Å². The maximum Gasteiger partial charge on any atom is 0.272 e. The lowest BCUT2D eigenvalue weighted by Crippen LogP contribution is -2.23. The molecule has 1 heterocycles. The van der Waals surface area contributed by atoms with E-state index in [0.29, 0.717) is 11.6 Å². The predicted molar refractivity (Wildman–Crippen MR) is 51.7 cm³/mol. The lowest BCUT2D eigenvalue weighted by atomic mass is 10.2. The van der Waals surface area contributed by atoms with Crippen LogP contribution in [0, 0.1) is 12.3 Å². The fraction of sp³-hybridized carbons (Fsp3) is 0.400. The van der Waals surface area contributed by atoms with Gasteiger partial charge < -0.3 is 5.32 Å². The highest BCUT2D eigenvalue weighted by Crippen LogP contribution is 2.38. The van der Waals surface area contributed by atoms with Crippen molar-refractivity contribution in [2.45, 2.75) is 18.8 Å². The highest BCUT2D eigenvalue weighted by atomic mass is 16.1. The van der Waals surface area contributed by atoms with Gasteiger partial charge in [-0.2, -0.15) is 5.10 Å². The highest BCUT2D eigenvalue weighted by molar-refractivity contribution is 5.92. The minimum Gasteiger partial charge on any atom is -0.340 e. The van der Waals surface area contributed by atoms with E-state index >= 15 is 0 Å². The molecule has 1 aliphatic rings. The molecule has 4 heteroatoms. The Kier molecular flexibility index (Phi) is 2.23. The Morgan fingerprint density at radius 3 is 3.21 bits per heavy atom. The minimum atomic E-state index is -0.217. The summed E-state index contributed by atoms with van der Waals surface area (Å²) in [7, 11) is 0. The number of nitrogens with zero attached hydrogens (tertiary/aromatic N) is 1. The molecule has 0 spiro atoms. The SMILES string of the molecule is C#CCNC(=O)c1cc(C2CC2)[nH]n1. The van der Waals surface area contributed by atoms with Gasteiger partial charge in [-0.1, -0.05) is 5.92 Å². The average molecular weight is 189 g/mol. The van der Waals surface area contributed by atoms with Crippen molar-refractivity contribution in [3.63, 3.8) is 0 Å². The van der Waals surface area contributed by atoms with Crippen molar-refractivity contribution in [1.82, 2.24) is 15.5 Å². The van der Waals surface area contributed by atoms with Gasteiger partial charge in [0.15, 0.2) is 0 Å². The van der Waals surface area contributed by atoms with E-state index in [9.17, 15) is 4.79 Å². The number of aromatic amines is 1. The van der Waals surface area contributed by atoms with Crippen LogP contribution in [0.2, 0.25) is 0 Å². The lowest BCUT2D eigenvalue weighted by molar-refractivity contribution is 0.0953. The summed E-state index contributed by atoms with van der Waals surface area (Å²) >= 11 is 0. The zero-order valence-corrected chi connectivity index (χ0v) is 7.71. The van der Waals surface area contributed by atoms with Crippen LogP contribution in [0.4, 0.5) is 0 Å². The molecule has 0 bridgehead atoms. The molecule has 0 aromatic carbocycles. The molecule has 4 nitrogen and oxygen atoms in total. The predicted octanol–water partition coefficient (Wildman–Crippen LogP) is 0.650. The van der Waals surface area contributed by atoms with Gasteiger partial charge >= 0.3 is 0 Å². The number of hydrogen-bond donors (Lipinski definition) is 2. The first-order chi connectivity index (χ1) is 6.81. The molecule has 72 valence electrons. The van der Waals surface area contributed by atoms with Crippen LogP contribution in [0.5, 0.6) is 0 Å². The number of H-pyrrole nitrogens is 1. The number of hydrogen-bond acceptors (Lipinski definition) is 2. The summed E-state index contributed by atoms with van der Waals surface area (Å²) in [4.78, 5) is 11.4. The van der Waals surface area contributed by atoms with Crippen molar-refractivity contribution in [2.75, 3.05) is 6.54 Å². The summed E-state index contributed by atoms with van der Waals surface area (Å²) in [5.74, 6) is 2.70. The number of aromatic nitrogens is 2. The number of nitrogens with one attached hydrogen (secondary N) is 2. The van der Waals surface area contributed by atoms with Gasteiger partial charge in [-0.15, -0.1) is 6.42 Å². The highest BCUT2D eigenvalue weighted by Gasteiger charge is 2.26. The van der Waals surface area contributed by atoms with Gasteiger partial charge in [-0.25, -0.2) is 0 Å². The van der Waals surface area contributed by atoms with Crippen LogP contribution in [0.1, 0.15) is 34.9 Å². The quantitative estimate of drug-likeness (QED) is 0.686. The molecule has 2 N–H and O–H groups in total. The van der Waals surface area contributed by atoms with Gasteiger partial charge in [-0.3, -0.25) is 9.89 Å². The van der Waals surface area contributed by atoms with Crippen LogP contribution in [0.3, 0.4) is 0 Å². The first-order valence-electron chi connectivity index (χ1n) is 4.58. The van der Waals surface area contributed by atoms with Crippen molar-refractivity contribution >= 4 is 5.91 Å². The second kappa shape index (κ2) is 3.54. The molecule has 1 aromatic heterocycles. The maximum absolute atomic E-state index is 11.4. The third kappa shape index (κ3) is 1.77. The van der Waals surface area contributed by atoms with Crippen LogP contribution >= 0.6 is 0 Å². The molecule has 14 heavy (non-hydrogen) atoms. The minimum absolute atomic E-state index is 0.217. The molecule has 1 amide bonds. The zero-order valence-electron chi connectivity index (χ0n) is 7.71. The Bertz CT molecular complexity index is 384. The van der Waals surface area contributed by atoms with Crippen molar-refractivity contribution in [3.8, 4) is 12.3 Å². The zero-order chi connectivity index (χ0) is 9.97. The van der Waals surface area contributed by atoms with E-state index in [1.165, 1.54) is 12.8 Å². The molecule has 0 atom stereocenters. The molecule has 1 aromatic rings. The van der Waals surface area contributed by atoms with E-state index in [1.54, 1.807) is 6.07 Å². The second-order valence-corrected chi connectivity index (χ2v) is 3.37. The van der Waals surface area contributed by atoms with Crippen molar-refractivity contribution in [1.29, 1.82) is 0 Å². The molecule has 0 aliphatic heterocycles. The molecular weight excluding hydrogens is 178 g/mol. The van der Waals surface area contributed by atoms with Crippen molar-refractivity contribution in [2.24, 2.45) is 0 Å². The Morgan fingerprint density at radius 1 is 1.79 bits per heavy atom. The Morgan fingerprint density at radius 2 is 2.57 bits per heavy atom. The summed E-state index contributed by atoms with van der Waals surface area (Å²) in [6.45, 7) is 0.241. The number of rotatable bonds is 3. The summed E-state index contributed by atoms with van der Waals surface area (Å²) in [6, 6.07) is 1.80. The third-order valence-corrected chi connectivity index (χ3v) is 2.20. The molecule has 2 rings (SSSR count). The van der Waals surface area contributed by atoms with E-state index in [0.717, 1.165) is 5.69 Å². The van der Waals surface area contributed by atoms with E-state index in [4.69, 9.17) is 6.42 Å². The van der Waals surface area contributed by atoms with Gasteiger partial charge in [0.2, 0.25) is 0 Å². The standard InChI is InChI=1S/C10H11N3O/c1-2-5-11-10(14)9-6-8(12-13-9)7-3-4-7/h1,6-7H,3-5H2,(H,11,14)(H,12,13). The first kappa shape index (κ1) is 8.82. The summed E-state index contributed by atoms with van der Waals surface area (Å²) in [5.41, 5.74) is 1.47. The largest absolute Gasteiger partial charge is 0.340 e. The Labute approximate surface area is 82.1 Å². The van der Waals surface area contributed by atoms with Crippen LogP contribution in [-0.2, 0) is 0 Å². The molecule has 0 saturated heterocycles. The average Bonchev–Trinajstić information content (AvgIpc) is 2.93. The van der Waals surface area contributed by atoms with E-state index in [2.05, 4.69) is 21.4 Å². The summed E-state index contributed by atoms with van der Waals surface area (Å²) in [5, 5.41) is 9.35. The number of carbonyl (C=O) groups is 1. The number of carbonyl (C=O) groups excluding carboxylic acids is 1. The summed E-state index contributed by atoms with van der Waals surface area (Å²) in [6.07, 6.45) is 7.40. The van der Waals surface area contributed by atoms with Crippen LogP contribution < -0.4 is 5.32 Å². The third-order valence-electron chi connectivity index (χ3n) is 2.20. The van der Waals surface area contributed by atoms with E-state index < -0.39 is 0 Å². The van der Waals surface area contributed by atoms with Crippen molar-refractivity contribution < 1.29 is 4.79 Å². The molecule has 0 radical (unpaired) electrons. The topological polar surface area (TPSA) is 57.8 Å². The number of terminal acetylenes is 1. The fourth-order valence-electron chi connectivity index (χ4n) is 1.28. The van der Waals surface area contributed by atoms with Crippen LogP contribution in [-0.4, -0.2) is 22.6 Å². The van der Waals surface area contributed by atoms with Gasteiger partial charge in [-0.05, 0) is 18.9 Å². The van der Waals surface area contributed by atoms with Gasteiger partial charge in [0.1, 0.15) is 5.69 Å². The molecular formula is C10H11N3O. The Balaban J connectivity index is 2.01. The molecule has 0 unspecified atom stereocenters. The first-order valence-corrected chi connectivity index (χ1v) is 4.58. The molecule has 1 fully saturated rings. The Hall–Kier alpha value is -1.76. The van der Waals surface area contributed by atoms with Gasteiger partial charge in [0.05, 0.1) is 6.54 Å². The van der Waals surface area contributed by atoms with Crippen LogP contribution in [0.25, 0.3) is 0 Å². The summed E-state index contributed by atoms with van der Waals surface area (Å²) < 4.78 is 0. The second-order valence-electron chi connectivity index (χ2n) is 3.37. The normalized spacial score (nSPS) is 14.8. The van der Waals surface area contributed by atoms with Gasteiger partial charge in [0, 0.05) is 11.6 Å². The van der Waals surface area contributed by atoms with Crippen molar-refractivity contribution in [3.05, 3.63) is 17.5 Å². The fourth-order valence-corrected chi connectivity index (χ4v) is 1.28. The maximum atomic E-state index is 11.4. The molecule has 1 aliphatic carbocycles. The lowest BCUT2D eigenvalue weighted by Gasteiger charge is -1.94. The van der Waals surface area contributed by atoms with Crippen LogP contribution in [0.15, 0.2) is 6.07 Å².